The molecule has 2 rings (SSSR count). The van der Waals surface area contributed by atoms with Crippen molar-refractivity contribution in [1.82, 2.24) is 5.32 Å². The third kappa shape index (κ3) is 5.31. The van der Waals surface area contributed by atoms with Crippen LogP contribution in [0.5, 0.6) is 5.75 Å². The van der Waals surface area contributed by atoms with E-state index in [-0.39, 0.29) is 13.0 Å². The Labute approximate surface area is 140 Å². The fourth-order valence-corrected chi connectivity index (χ4v) is 2.17. The molecule has 0 heterocycles. The fourth-order valence-electron chi connectivity index (χ4n) is 2.17. The van der Waals surface area contributed by atoms with Crippen LogP contribution in [0.4, 0.5) is 4.79 Å². The Kier molecular flexibility index (Phi) is 6.19. The lowest BCUT2D eigenvalue weighted by Gasteiger charge is -2.17. The number of carbonyl (C=O) groups is 2. The van der Waals surface area contributed by atoms with Crippen LogP contribution in [0.2, 0.25) is 0 Å². The zero-order valence-corrected chi connectivity index (χ0v) is 13.3. The number of aliphatic carboxylic acids is 1. The Hall–Kier alpha value is -3.02. The molecule has 0 saturated heterocycles. The molecule has 0 aliphatic carbocycles. The second-order valence-corrected chi connectivity index (χ2v) is 5.13. The first-order chi connectivity index (χ1) is 11.6. The third-order valence-corrected chi connectivity index (χ3v) is 3.40. The van der Waals surface area contributed by atoms with Crippen LogP contribution in [0.1, 0.15) is 23.6 Å². The lowest BCUT2D eigenvalue weighted by atomic mass is 10.0. The minimum atomic E-state index is -1.01. The summed E-state index contributed by atoms with van der Waals surface area (Å²) in [4.78, 5) is 23.0. The molecule has 2 N–H and O–H groups in total. The normalized spacial score (nSPS) is 11.4. The van der Waals surface area contributed by atoms with Crippen molar-refractivity contribution in [1.29, 1.82) is 0 Å². The van der Waals surface area contributed by atoms with Crippen LogP contribution >= 0.6 is 0 Å². The molecule has 6 heteroatoms. The van der Waals surface area contributed by atoms with E-state index in [0.29, 0.717) is 11.3 Å². The molecule has 6 nitrogen and oxygen atoms in total. The van der Waals surface area contributed by atoms with E-state index >= 15 is 0 Å². The number of nitrogens with one attached hydrogen (secondary N) is 1. The van der Waals surface area contributed by atoms with Crippen LogP contribution in [-0.2, 0) is 16.1 Å². The largest absolute Gasteiger partial charge is 0.497 e. The molecule has 0 saturated carbocycles. The third-order valence-electron chi connectivity index (χ3n) is 3.40. The lowest BCUT2D eigenvalue weighted by Crippen LogP contribution is -2.30. The van der Waals surface area contributed by atoms with Crippen molar-refractivity contribution >= 4 is 12.1 Å². The summed E-state index contributed by atoms with van der Waals surface area (Å²) in [5.74, 6) is -0.362. The van der Waals surface area contributed by atoms with Gasteiger partial charge in [-0.1, -0.05) is 42.5 Å². The summed E-state index contributed by atoms with van der Waals surface area (Å²) in [7, 11) is 1.54. The van der Waals surface area contributed by atoms with E-state index in [0.717, 1.165) is 5.56 Å². The van der Waals surface area contributed by atoms with Gasteiger partial charge in [0.2, 0.25) is 0 Å². The van der Waals surface area contributed by atoms with Gasteiger partial charge in [0.1, 0.15) is 12.4 Å². The lowest BCUT2D eigenvalue weighted by molar-refractivity contribution is -0.137. The van der Waals surface area contributed by atoms with Crippen molar-refractivity contribution in [2.24, 2.45) is 0 Å². The van der Waals surface area contributed by atoms with Gasteiger partial charge in [0.15, 0.2) is 0 Å². The number of carboxylic acid groups (broad SMARTS) is 1. The summed E-state index contributed by atoms with van der Waals surface area (Å²) >= 11 is 0. The van der Waals surface area contributed by atoms with E-state index in [1.54, 1.807) is 31.4 Å². The van der Waals surface area contributed by atoms with Crippen molar-refractivity contribution in [3.63, 3.8) is 0 Å². The first-order valence-corrected chi connectivity index (χ1v) is 7.41. The highest BCUT2D eigenvalue weighted by Gasteiger charge is 2.19. The molecule has 0 spiro atoms. The fraction of sp³-hybridized carbons (Fsp3) is 0.222. The average molecular weight is 329 g/mol. The Morgan fingerprint density at radius 1 is 1.08 bits per heavy atom. The number of hydrogen-bond donors (Lipinski definition) is 2. The van der Waals surface area contributed by atoms with Gasteiger partial charge in [0.25, 0.3) is 0 Å². The molecule has 0 aliphatic heterocycles. The van der Waals surface area contributed by atoms with Crippen molar-refractivity contribution in [3.05, 3.63) is 65.7 Å². The smallest absolute Gasteiger partial charge is 0.407 e. The second kappa shape index (κ2) is 8.57. The zero-order chi connectivity index (χ0) is 17.4. The molecule has 1 amide bonds. The maximum absolute atomic E-state index is 12.0. The number of carbonyl (C=O) groups excluding carboxylic acids is 1. The summed E-state index contributed by atoms with van der Waals surface area (Å²) in [5.41, 5.74) is 1.52. The van der Waals surface area contributed by atoms with E-state index < -0.39 is 18.1 Å². The van der Waals surface area contributed by atoms with Gasteiger partial charge in [-0.25, -0.2) is 4.79 Å². The molecule has 2 aromatic carbocycles. The average Bonchev–Trinajstić information content (AvgIpc) is 2.60. The Morgan fingerprint density at radius 3 is 2.33 bits per heavy atom. The summed E-state index contributed by atoms with van der Waals surface area (Å²) < 4.78 is 10.2. The van der Waals surface area contributed by atoms with E-state index in [2.05, 4.69) is 5.32 Å². The molecule has 2 aromatic rings. The van der Waals surface area contributed by atoms with Gasteiger partial charge in [0, 0.05) is 0 Å². The monoisotopic (exact) mass is 329 g/mol. The van der Waals surface area contributed by atoms with Crippen molar-refractivity contribution in [2.75, 3.05) is 7.11 Å². The molecule has 0 aliphatic rings. The van der Waals surface area contributed by atoms with Gasteiger partial charge >= 0.3 is 12.1 Å². The first kappa shape index (κ1) is 17.3. The quantitative estimate of drug-likeness (QED) is 0.815. The maximum atomic E-state index is 12.0. The van der Waals surface area contributed by atoms with E-state index in [4.69, 9.17) is 14.6 Å². The standard InChI is InChI=1S/C18H19NO5/c1-23-15-9-7-14(8-10-15)16(11-17(20)21)19-18(22)24-12-13-5-3-2-4-6-13/h2-10,16H,11-12H2,1H3,(H,19,22)(H,20,21)/t16-/m1/s1. The van der Waals surface area contributed by atoms with Crippen molar-refractivity contribution in [2.45, 2.75) is 19.1 Å². The maximum Gasteiger partial charge on any atom is 0.407 e. The highest BCUT2D eigenvalue weighted by molar-refractivity contribution is 5.72. The molecule has 0 radical (unpaired) electrons. The van der Waals surface area contributed by atoms with Crippen LogP contribution in [0, 0.1) is 0 Å². The predicted molar refractivity (Wildman–Crippen MR) is 87.8 cm³/mol. The van der Waals surface area contributed by atoms with E-state index in [1.807, 2.05) is 30.3 Å². The highest BCUT2D eigenvalue weighted by atomic mass is 16.5. The minimum absolute atomic E-state index is 0.120. The van der Waals surface area contributed by atoms with E-state index in [9.17, 15) is 9.59 Å². The summed E-state index contributed by atoms with van der Waals surface area (Å²) in [6.07, 6.45) is -0.909. The van der Waals surface area contributed by atoms with Gasteiger partial charge in [0.05, 0.1) is 19.6 Å². The SMILES string of the molecule is COc1ccc([C@@H](CC(=O)O)NC(=O)OCc2ccccc2)cc1. The molecular weight excluding hydrogens is 310 g/mol. The highest BCUT2D eigenvalue weighted by Crippen LogP contribution is 2.20. The van der Waals surface area contributed by atoms with Crippen LogP contribution in [-0.4, -0.2) is 24.3 Å². The zero-order valence-electron chi connectivity index (χ0n) is 13.3. The molecule has 0 fully saturated rings. The number of ether oxygens (including phenoxy) is 2. The Balaban J connectivity index is 1.99. The topological polar surface area (TPSA) is 84.9 Å². The number of carboxylic acids is 1. The molecular formula is C18H19NO5. The Bertz CT molecular complexity index is 670. The van der Waals surface area contributed by atoms with Gasteiger partial charge in [-0.3, -0.25) is 4.79 Å². The Morgan fingerprint density at radius 2 is 1.75 bits per heavy atom. The van der Waals surface area contributed by atoms with Gasteiger partial charge in [-0.05, 0) is 23.3 Å². The summed E-state index contributed by atoms with van der Waals surface area (Å²) in [6, 6.07) is 15.4. The molecule has 1 atom stereocenters. The first-order valence-electron chi connectivity index (χ1n) is 7.41. The number of hydrogen-bond acceptors (Lipinski definition) is 4. The molecule has 0 aromatic heterocycles. The number of benzene rings is 2. The summed E-state index contributed by atoms with van der Waals surface area (Å²) in [5, 5.41) is 11.6. The predicted octanol–water partition coefficient (Wildman–Crippen LogP) is 3.14. The number of rotatable bonds is 7. The van der Waals surface area contributed by atoms with Gasteiger partial charge in [-0.2, -0.15) is 0 Å². The number of amides is 1. The van der Waals surface area contributed by atoms with Crippen LogP contribution in [0.3, 0.4) is 0 Å². The van der Waals surface area contributed by atoms with Gasteiger partial charge < -0.3 is 19.9 Å². The molecule has 0 unspecified atom stereocenters. The number of alkyl carbamates (subject to hydrolysis) is 1. The molecule has 24 heavy (non-hydrogen) atoms. The van der Waals surface area contributed by atoms with Crippen LogP contribution in [0.25, 0.3) is 0 Å². The molecule has 0 bridgehead atoms. The van der Waals surface area contributed by atoms with Crippen LogP contribution < -0.4 is 10.1 Å². The molecule has 126 valence electrons. The number of methoxy groups -OCH3 is 1. The second-order valence-electron chi connectivity index (χ2n) is 5.13. The summed E-state index contributed by atoms with van der Waals surface area (Å²) in [6.45, 7) is 0.120. The minimum Gasteiger partial charge on any atom is -0.497 e. The van der Waals surface area contributed by atoms with Crippen molar-refractivity contribution < 1.29 is 24.2 Å². The van der Waals surface area contributed by atoms with Crippen LogP contribution in [0.15, 0.2) is 54.6 Å². The van der Waals surface area contributed by atoms with Crippen molar-refractivity contribution in [3.8, 4) is 5.75 Å². The van der Waals surface area contributed by atoms with E-state index in [1.165, 1.54) is 0 Å². The van der Waals surface area contributed by atoms with Gasteiger partial charge in [-0.15, -0.1) is 0 Å².